The molecule has 0 saturated heterocycles. The van der Waals surface area contributed by atoms with Crippen LogP contribution in [-0.2, 0) is 4.79 Å². The number of hydrogen-bond donors (Lipinski definition) is 1. The largest absolute Gasteiger partial charge is 0.497 e. The molecular weight excluding hydrogens is 426 g/mol. The minimum absolute atomic E-state index is 0.0883. The maximum Gasteiger partial charge on any atom is 0.300 e. The average Bonchev–Trinajstić information content (AvgIpc) is 3.18. The molecule has 0 spiro atoms. The number of benzene rings is 2. The number of methoxy groups -OCH3 is 1. The monoisotopic (exact) mass is 441 g/mol. The van der Waals surface area contributed by atoms with Crippen LogP contribution in [0, 0.1) is 0 Å². The molecule has 1 N–H and O–H groups in total. The fourth-order valence-electron chi connectivity index (χ4n) is 2.81. The quantitative estimate of drug-likeness (QED) is 0.462. The van der Waals surface area contributed by atoms with Crippen molar-refractivity contribution >= 4 is 40.6 Å². The van der Waals surface area contributed by atoms with Gasteiger partial charge in [-0.1, -0.05) is 41.6 Å². The number of amides is 1. The smallest absolute Gasteiger partial charge is 0.300 e. The van der Waals surface area contributed by atoms with E-state index in [1.165, 1.54) is 16.3 Å². The SMILES string of the molecule is COc1cccc(-n2ccn3c(SCC(=O)Nc4ccccc4Cl)nnc3c2=O)c1. The molecule has 4 rings (SSSR count). The third-order valence-corrected chi connectivity index (χ3v) is 5.52. The summed E-state index contributed by atoms with van der Waals surface area (Å²) < 4.78 is 8.24. The molecule has 8 nitrogen and oxygen atoms in total. The molecule has 1 amide bonds. The highest BCUT2D eigenvalue weighted by molar-refractivity contribution is 7.99. The lowest BCUT2D eigenvalue weighted by molar-refractivity contribution is -0.113. The van der Waals surface area contributed by atoms with E-state index in [0.717, 1.165) is 0 Å². The normalized spacial score (nSPS) is 10.9. The molecule has 2 aromatic heterocycles. The van der Waals surface area contributed by atoms with Crippen LogP contribution < -0.4 is 15.6 Å². The molecule has 2 heterocycles. The molecule has 0 radical (unpaired) electrons. The lowest BCUT2D eigenvalue weighted by atomic mass is 10.3. The molecule has 2 aromatic carbocycles. The van der Waals surface area contributed by atoms with Gasteiger partial charge in [0.2, 0.25) is 11.6 Å². The number of carbonyl (C=O) groups excluding carboxylic acids is 1. The standard InChI is InChI=1S/C20H16ClN5O3S/c1-29-14-6-4-5-13(11-14)25-9-10-26-18(19(25)28)23-24-20(26)30-12-17(27)22-16-8-3-2-7-15(16)21/h2-11H,12H2,1H3,(H,22,27). The number of fused-ring (bicyclic) bond motifs is 1. The number of nitrogens with zero attached hydrogens (tertiary/aromatic N) is 4. The summed E-state index contributed by atoms with van der Waals surface area (Å²) in [6.07, 6.45) is 3.31. The van der Waals surface area contributed by atoms with Gasteiger partial charge >= 0.3 is 5.56 Å². The molecule has 0 aliphatic heterocycles. The van der Waals surface area contributed by atoms with Crippen LogP contribution in [0.3, 0.4) is 0 Å². The second kappa shape index (κ2) is 8.60. The number of nitrogens with one attached hydrogen (secondary N) is 1. The predicted molar refractivity (Wildman–Crippen MR) is 116 cm³/mol. The van der Waals surface area contributed by atoms with E-state index in [1.54, 1.807) is 72.4 Å². The molecule has 0 fully saturated rings. The summed E-state index contributed by atoms with van der Waals surface area (Å²) in [6, 6.07) is 14.1. The number of carbonyl (C=O) groups is 1. The van der Waals surface area contributed by atoms with E-state index in [1.807, 2.05) is 0 Å². The van der Waals surface area contributed by atoms with Crippen LogP contribution in [0.4, 0.5) is 5.69 Å². The first kappa shape index (κ1) is 20.0. The molecule has 0 aliphatic carbocycles. The van der Waals surface area contributed by atoms with E-state index in [2.05, 4.69) is 15.5 Å². The molecule has 0 aliphatic rings. The molecule has 0 saturated carbocycles. The number of para-hydroxylation sites is 1. The fourth-order valence-corrected chi connectivity index (χ4v) is 3.71. The Kier molecular flexibility index (Phi) is 5.73. The van der Waals surface area contributed by atoms with Gasteiger partial charge in [0.05, 0.1) is 29.3 Å². The van der Waals surface area contributed by atoms with Crippen LogP contribution in [-0.4, -0.2) is 37.9 Å². The van der Waals surface area contributed by atoms with Gasteiger partial charge in [-0.2, -0.15) is 0 Å². The third-order valence-electron chi connectivity index (χ3n) is 4.25. The average molecular weight is 442 g/mol. The maximum atomic E-state index is 12.9. The third kappa shape index (κ3) is 4.03. The van der Waals surface area contributed by atoms with Gasteiger partial charge in [-0.05, 0) is 24.3 Å². The molecule has 0 atom stereocenters. The molecule has 10 heteroatoms. The summed E-state index contributed by atoms with van der Waals surface area (Å²) in [7, 11) is 1.56. The van der Waals surface area contributed by atoms with Crippen molar-refractivity contribution in [3.8, 4) is 11.4 Å². The minimum atomic E-state index is -0.328. The Morgan fingerprint density at radius 1 is 1.17 bits per heavy atom. The van der Waals surface area contributed by atoms with Gasteiger partial charge in [0.1, 0.15) is 5.75 Å². The summed E-state index contributed by atoms with van der Waals surface area (Å²) >= 11 is 7.23. The summed E-state index contributed by atoms with van der Waals surface area (Å²) in [5, 5.41) is 11.7. The number of ether oxygens (including phenoxy) is 1. The highest BCUT2D eigenvalue weighted by atomic mass is 35.5. The Labute approximate surface area is 180 Å². The Morgan fingerprint density at radius 3 is 2.80 bits per heavy atom. The summed E-state index contributed by atoms with van der Waals surface area (Å²) in [4.78, 5) is 25.1. The van der Waals surface area contributed by atoms with Gasteiger partial charge in [-0.3, -0.25) is 18.6 Å². The minimum Gasteiger partial charge on any atom is -0.497 e. The lowest BCUT2D eigenvalue weighted by Crippen LogP contribution is -2.20. The van der Waals surface area contributed by atoms with Gasteiger partial charge in [0.25, 0.3) is 0 Å². The second-order valence-corrected chi connectivity index (χ2v) is 7.52. The Morgan fingerprint density at radius 2 is 2.00 bits per heavy atom. The van der Waals surface area contributed by atoms with E-state index >= 15 is 0 Å². The zero-order valence-corrected chi connectivity index (χ0v) is 17.4. The van der Waals surface area contributed by atoms with Crippen LogP contribution in [0.15, 0.2) is 70.9 Å². The number of halogens is 1. The van der Waals surface area contributed by atoms with Crippen LogP contribution in [0.1, 0.15) is 0 Å². The maximum absolute atomic E-state index is 12.9. The van der Waals surface area contributed by atoms with Gasteiger partial charge in [-0.25, -0.2) is 0 Å². The second-order valence-electron chi connectivity index (χ2n) is 6.17. The molecular formula is C20H16ClN5O3S. The van der Waals surface area contributed by atoms with E-state index in [9.17, 15) is 9.59 Å². The molecule has 4 aromatic rings. The lowest BCUT2D eigenvalue weighted by Gasteiger charge is -2.08. The van der Waals surface area contributed by atoms with E-state index in [0.29, 0.717) is 27.3 Å². The van der Waals surface area contributed by atoms with Gasteiger partial charge in [0.15, 0.2) is 5.16 Å². The number of aromatic nitrogens is 4. The predicted octanol–water partition coefficient (Wildman–Crippen LogP) is 3.27. The highest BCUT2D eigenvalue weighted by Crippen LogP contribution is 2.22. The number of rotatable bonds is 6. The Bertz CT molecular complexity index is 1290. The Balaban J connectivity index is 1.54. The molecule has 0 unspecified atom stereocenters. The first-order valence-electron chi connectivity index (χ1n) is 8.85. The van der Waals surface area contributed by atoms with E-state index < -0.39 is 0 Å². The zero-order valence-electron chi connectivity index (χ0n) is 15.8. The fraction of sp³-hybridized carbons (Fsp3) is 0.100. The van der Waals surface area contributed by atoms with Crippen LogP contribution in [0.2, 0.25) is 5.02 Å². The van der Waals surface area contributed by atoms with Crippen molar-refractivity contribution in [1.29, 1.82) is 0 Å². The molecule has 0 bridgehead atoms. The summed E-state index contributed by atoms with van der Waals surface area (Å²) in [5.41, 5.74) is 1.02. The molecule has 30 heavy (non-hydrogen) atoms. The van der Waals surface area contributed by atoms with Crippen molar-refractivity contribution in [3.05, 3.63) is 76.3 Å². The van der Waals surface area contributed by atoms with Crippen molar-refractivity contribution in [3.63, 3.8) is 0 Å². The van der Waals surface area contributed by atoms with Crippen LogP contribution in [0.25, 0.3) is 11.3 Å². The summed E-state index contributed by atoms with van der Waals surface area (Å²) in [5.74, 6) is 0.487. The summed E-state index contributed by atoms with van der Waals surface area (Å²) in [6.45, 7) is 0. The van der Waals surface area contributed by atoms with Gasteiger partial charge in [0, 0.05) is 18.5 Å². The van der Waals surface area contributed by atoms with Crippen molar-refractivity contribution in [1.82, 2.24) is 19.2 Å². The topological polar surface area (TPSA) is 90.5 Å². The highest BCUT2D eigenvalue weighted by Gasteiger charge is 2.14. The van der Waals surface area contributed by atoms with E-state index in [4.69, 9.17) is 16.3 Å². The van der Waals surface area contributed by atoms with Crippen LogP contribution in [0.5, 0.6) is 5.75 Å². The number of thioether (sulfide) groups is 1. The van der Waals surface area contributed by atoms with Crippen molar-refractivity contribution < 1.29 is 9.53 Å². The zero-order chi connectivity index (χ0) is 21.1. The first-order valence-corrected chi connectivity index (χ1v) is 10.2. The number of anilines is 1. The molecule has 152 valence electrons. The van der Waals surface area contributed by atoms with Crippen LogP contribution >= 0.6 is 23.4 Å². The van der Waals surface area contributed by atoms with Crippen molar-refractivity contribution in [2.45, 2.75) is 5.16 Å². The van der Waals surface area contributed by atoms with E-state index in [-0.39, 0.29) is 22.9 Å². The van der Waals surface area contributed by atoms with Gasteiger partial charge in [-0.15, -0.1) is 10.2 Å². The first-order chi connectivity index (χ1) is 14.6. The Hall–Kier alpha value is -3.30. The van der Waals surface area contributed by atoms with Crippen molar-refractivity contribution in [2.75, 3.05) is 18.2 Å². The van der Waals surface area contributed by atoms with Gasteiger partial charge < -0.3 is 10.1 Å². The van der Waals surface area contributed by atoms with Crippen molar-refractivity contribution in [2.24, 2.45) is 0 Å². The number of hydrogen-bond acceptors (Lipinski definition) is 6.